The Balaban J connectivity index is 1.71. The van der Waals surface area contributed by atoms with Gasteiger partial charge in [-0.15, -0.1) is 0 Å². The van der Waals surface area contributed by atoms with Gasteiger partial charge in [-0.3, -0.25) is 4.79 Å². The fourth-order valence-corrected chi connectivity index (χ4v) is 4.71. The van der Waals surface area contributed by atoms with E-state index in [9.17, 15) is 4.79 Å². The predicted octanol–water partition coefficient (Wildman–Crippen LogP) is 6.37. The maximum absolute atomic E-state index is 11.2. The number of allylic oxidation sites excluding steroid dienone is 1. The van der Waals surface area contributed by atoms with Crippen LogP contribution in [0.15, 0.2) is 78.4 Å². The smallest absolute Gasteiger partial charge is 0.166 e. The molecule has 1 aliphatic rings. The number of fused-ring (bicyclic) bond motifs is 2. The van der Waals surface area contributed by atoms with Crippen LogP contribution in [0.1, 0.15) is 45.6 Å². The first kappa shape index (κ1) is 19.4. The summed E-state index contributed by atoms with van der Waals surface area (Å²) in [4.78, 5) is 14.4. The predicted molar refractivity (Wildman–Crippen MR) is 126 cm³/mol. The number of aryl methyl sites for hydroxylation is 1. The molecule has 0 aliphatic heterocycles. The molecule has 1 aromatic heterocycles. The minimum absolute atomic E-state index is 0.608. The van der Waals surface area contributed by atoms with Gasteiger partial charge in [0, 0.05) is 10.9 Å². The summed E-state index contributed by atoms with van der Waals surface area (Å²) in [7, 11) is 1.72. The Morgan fingerprint density at radius 1 is 0.968 bits per heavy atom. The van der Waals surface area contributed by atoms with Crippen LogP contribution in [0.4, 0.5) is 0 Å². The standard InChI is InChI=1S/C28H25NO2/c1-31-25-11-12-26-20(17-25)8-5-9-21(14-19-6-3-2-4-7-19)28(26)22-10-13-27-23(15-22)16-24(18-30)29-27/h2-4,6-7,10-13,15-18,29H,5,8-9,14H2,1H3. The zero-order valence-electron chi connectivity index (χ0n) is 17.7. The molecule has 31 heavy (non-hydrogen) atoms. The fourth-order valence-electron chi connectivity index (χ4n) is 4.71. The molecule has 0 fully saturated rings. The number of rotatable bonds is 5. The highest BCUT2D eigenvalue weighted by atomic mass is 16.5. The van der Waals surface area contributed by atoms with Crippen molar-refractivity contribution in [2.24, 2.45) is 0 Å². The molecule has 3 nitrogen and oxygen atoms in total. The Morgan fingerprint density at radius 2 is 1.84 bits per heavy atom. The third-order valence-corrected chi connectivity index (χ3v) is 6.18. The van der Waals surface area contributed by atoms with E-state index in [-0.39, 0.29) is 0 Å². The highest BCUT2D eigenvalue weighted by Crippen LogP contribution is 2.38. The van der Waals surface area contributed by atoms with E-state index in [0.717, 1.165) is 48.6 Å². The van der Waals surface area contributed by atoms with Crippen molar-refractivity contribution >= 4 is 22.8 Å². The molecular formula is C28H25NO2. The SMILES string of the molecule is COc1ccc2c(c1)CCCC(Cc1ccccc1)=C2c1ccc2[nH]c(C=O)cc2c1. The zero-order chi connectivity index (χ0) is 21.2. The molecular weight excluding hydrogens is 382 g/mol. The quantitative estimate of drug-likeness (QED) is 0.391. The van der Waals surface area contributed by atoms with Crippen LogP contribution in [0.2, 0.25) is 0 Å². The molecule has 0 amide bonds. The maximum Gasteiger partial charge on any atom is 0.166 e. The molecule has 0 bridgehead atoms. The van der Waals surface area contributed by atoms with Crippen molar-refractivity contribution in [3.63, 3.8) is 0 Å². The van der Waals surface area contributed by atoms with Gasteiger partial charge in [0.25, 0.3) is 0 Å². The number of H-pyrrole nitrogens is 1. The Labute approximate surface area is 182 Å². The maximum atomic E-state index is 11.2. The topological polar surface area (TPSA) is 42.1 Å². The molecule has 1 heterocycles. The van der Waals surface area contributed by atoms with Gasteiger partial charge in [-0.25, -0.2) is 0 Å². The first-order chi connectivity index (χ1) is 15.2. The number of benzene rings is 3. The first-order valence-electron chi connectivity index (χ1n) is 10.8. The molecule has 0 saturated carbocycles. The van der Waals surface area contributed by atoms with Crippen LogP contribution >= 0.6 is 0 Å². The second kappa shape index (κ2) is 8.27. The minimum atomic E-state index is 0.608. The van der Waals surface area contributed by atoms with Crippen LogP contribution in [0.25, 0.3) is 16.5 Å². The summed E-state index contributed by atoms with van der Waals surface area (Å²) in [6.07, 6.45) is 5.02. The minimum Gasteiger partial charge on any atom is -0.497 e. The lowest BCUT2D eigenvalue weighted by Gasteiger charge is -2.17. The van der Waals surface area contributed by atoms with E-state index in [1.807, 2.05) is 6.07 Å². The van der Waals surface area contributed by atoms with Gasteiger partial charge in [0.15, 0.2) is 6.29 Å². The Kier molecular flexibility index (Phi) is 5.17. The molecule has 0 atom stereocenters. The average Bonchev–Trinajstić information content (AvgIpc) is 3.14. The number of carbonyl (C=O) groups excluding carboxylic acids is 1. The fraction of sp³-hybridized carbons (Fsp3) is 0.179. The molecule has 3 heteroatoms. The molecule has 1 aliphatic carbocycles. The number of aromatic nitrogens is 1. The lowest BCUT2D eigenvalue weighted by atomic mass is 9.88. The summed E-state index contributed by atoms with van der Waals surface area (Å²) in [6, 6.07) is 25.5. The molecule has 0 spiro atoms. The third-order valence-electron chi connectivity index (χ3n) is 6.18. The van der Waals surface area contributed by atoms with Gasteiger partial charge in [0.05, 0.1) is 12.8 Å². The van der Waals surface area contributed by atoms with Gasteiger partial charge in [0.1, 0.15) is 5.75 Å². The van der Waals surface area contributed by atoms with Crippen LogP contribution in [0, 0.1) is 0 Å². The van der Waals surface area contributed by atoms with Crippen LogP contribution in [-0.4, -0.2) is 18.4 Å². The number of hydrogen-bond donors (Lipinski definition) is 1. The number of ether oxygens (including phenoxy) is 1. The third kappa shape index (κ3) is 3.79. The van der Waals surface area contributed by atoms with Crippen molar-refractivity contribution in [1.82, 2.24) is 4.98 Å². The zero-order valence-corrected chi connectivity index (χ0v) is 17.7. The van der Waals surface area contributed by atoms with Crippen molar-refractivity contribution in [2.75, 3.05) is 7.11 Å². The molecule has 4 aromatic rings. The van der Waals surface area contributed by atoms with Crippen molar-refractivity contribution in [3.8, 4) is 5.75 Å². The number of aldehydes is 1. The van der Waals surface area contributed by atoms with Crippen molar-refractivity contribution in [2.45, 2.75) is 25.7 Å². The summed E-state index contributed by atoms with van der Waals surface area (Å²) in [5.74, 6) is 0.904. The van der Waals surface area contributed by atoms with Gasteiger partial charge in [-0.2, -0.15) is 0 Å². The summed E-state index contributed by atoms with van der Waals surface area (Å²) in [5.41, 5.74) is 9.52. The van der Waals surface area contributed by atoms with Gasteiger partial charge in [-0.05, 0) is 83.8 Å². The van der Waals surface area contributed by atoms with Gasteiger partial charge >= 0.3 is 0 Å². The summed E-state index contributed by atoms with van der Waals surface area (Å²) in [5, 5.41) is 1.06. The van der Waals surface area contributed by atoms with Crippen molar-refractivity contribution in [1.29, 1.82) is 0 Å². The molecule has 5 rings (SSSR count). The van der Waals surface area contributed by atoms with E-state index in [2.05, 4.69) is 71.7 Å². The average molecular weight is 408 g/mol. The second-order valence-corrected chi connectivity index (χ2v) is 8.16. The highest BCUT2D eigenvalue weighted by Gasteiger charge is 2.20. The summed E-state index contributed by atoms with van der Waals surface area (Å²) >= 11 is 0. The molecule has 0 radical (unpaired) electrons. The summed E-state index contributed by atoms with van der Waals surface area (Å²) < 4.78 is 5.50. The van der Waals surface area contributed by atoms with E-state index in [0.29, 0.717) is 5.69 Å². The van der Waals surface area contributed by atoms with E-state index >= 15 is 0 Å². The van der Waals surface area contributed by atoms with Crippen LogP contribution in [-0.2, 0) is 12.8 Å². The van der Waals surface area contributed by atoms with E-state index in [1.54, 1.807) is 7.11 Å². The highest BCUT2D eigenvalue weighted by molar-refractivity contribution is 5.93. The number of carbonyl (C=O) groups is 1. The molecule has 154 valence electrons. The number of nitrogens with one attached hydrogen (secondary N) is 1. The summed E-state index contributed by atoms with van der Waals surface area (Å²) in [6.45, 7) is 0. The van der Waals surface area contributed by atoms with Gasteiger partial charge < -0.3 is 9.72 Å². The second-order valence-electron chi connectivity index (χ2n) is 8.16. The normalized spacial score (nSPS) is 13.7. The number of methoxy groups -OCH3 is 1. The van der Waals surface area contributed by atoms with Crippen molar-refractivity contribution < 1.29 is 9.53 Å². The number of aromatic amines is 1. The Bertz CT molecular complexity index is 1280. The van der Waals surface area contributed by atoms with Gasteiger partial charge in [-0.1, -0.05) is 48.0 Å². The van der Waals surface area contributed by atoms with E-state index in [4.69, 9.17) is 4.74 Å². The van der Waals surface area contributed by atoms with E-state index in [1.165, 1.54) is 33.4 Å². The molecule has 0 saturated heterocycles. The molecule has 0 unspecified atom stereocenters. The number of hydrogen-bond acceptors (Lipinski definition) is 2. The van der Waals surface area contributed by atoms with Gasteiger partial charge in [0.2, 0.25) is 0 Å². The lowest BCUT2D eigenvalue weighted by Crippen LogP contribution is -1.99. The largest absolute Gasteiger partial charge is 0.497 e. The molecule has 1 N–H and O–H groups in total. The van der Waals surface area contributed by atoms with Crippen molar-refractivity contribution in [3.05, 3.63) is 106 Å². The monoisotopic (exact) mass is 407 g/mol. The van der Waals surface area contributed by atoms with Crippen LogP contribution in [0.3, 0.4) is 0 Å². The van der Waals surface area contributed by atoms with Crippen LogP contribution < -0.4 is 4.74 Å². The van der Waals surface area contributed by atoms with Crippen LogP contribution in [0.5, 0.6) is 5.75 Å². The first-order valence-corrected chi connectivity index (χ1v) is 10.8. The Hall–Kier alpha value is -3.59. The Morgan fingerprint density at radius 3 is 2.65 bits per heavy atom. The molecule has 3 aromatic carbocycles. The van der Waals surface area contributed by atoms with E-state index < -0.39 is 0 Å². The lowest BCUT2D eigenvalue weighted by molar-refractivity contribution is 0.112.